The number of ether oxygens (including phenoxy) is 1. The first-order valence-electron chi connectivity index (χ1n) is 10.3. The van der Waals surface area contributed by atoms with Crippen molar-refractivity contribution in [3.05, 3.63) is 58.5 Å². The third-order valence-electron chi connectivity index (χ3n) is 4.88. The summed E-state index contributed by atoms with van der Waals surface area (Å²) in [5.41, 5.74) is 0.989. The molecule has 0 saturated carbocycles. The Bertz CT molecular complexity index is 1240. The number of carbonyl (C=O) groups is 1. The smallest absolute Gasteiger partial charge is 0.244 e. The molecule has 8 nitrogen and oxygen atoms in total. The second kappa shape index (κ2) is 11.1. The molecule has 34 heavy (non-hydrogen) atoms. The summed E-state index contributed by atoms with van der Waals surface area (Å²) in [7, 11) is -3.72. The van der Waals surface area contributed by atoms with E-state index in [9.17, 15) is 22.0 Å². The van der Waals surface area contributed by atoms with Gasteiger partial charge in [0.15, 0.2) is 0 Å². The van der Waals surface area contributed by atoms with Gasteiger partial charge in [-0.25, -0.2) is 22.2 Å². The number of hydrogen-bond acceptors (Lipinski definition) is 6. The quantitative estimate of drug-likeness (QED) is 0.435. The maximum Gasteiger partial charge on any atom is 0.244 e. The van der Waals surface area contributed by atoms with Crippen LogP contribution in [0.1, 0.15) is 22.4 Å². The molecule has 2 N–H and O–H groups in total. The van der Waals surface area contributed by atoms with E-state index in [0.717, 1.165) is 12.3 Å². The highest BCUT2D eigenvalue weighted by molar-refractivity contribution is 7.92. The highest BCUT2D eigenvalue weighted by Gasteiger charge is 2.17. The van der Waals surface area contributed by atoms with Crippen LogP contribution < -0.4 is 14.9 Å². The topological polar surface area (TPSA) is 101 Å². The van der Waals surface area contributed by atoms with Crippen molar-refractivity contribution in [2.45, 2.75) is 13.2 Å². The lowest BCUT2D eigenvalue weighted by Gasteiger charge is -2.29. The summed E-state index contributed by atoms with van der Waals surface area (Å²) in [4.78, 5) is 18.7. The third-order valence-corrected chi connectivity index (χ3v) is 5.46. The van der Waals surface area contributed by atoms with Crippen LogP contribution in [0.4, 0.5) is 20.3 Å². The van der Waals surface area contributed by atoms with E-state index in [1.807, 2.05) is 4.90 Å². The van der Waals surface area contributed by atoms with Crippen molar-refractivity contribution < 1.29 is 26.7 Å². The van der Waals surface area contributed by atoms with Crippen LogP contribution in [0.5, 0.6) is 0 Å². The monoisotopic (exact) mass is 490 g/mol. The van der Waals surface area contributed by atoms with E-state index in [0.29, 0.717) is 48.9 Å². The van der Waals surface area contributed by atoms with Gasteiger partial charge in [0.1, 0.15) is 18.3 Å². The predicted octanol–water partition coefficient (Wildman–Crippen LogP) is 2.21. The predicted molar refractivity (Wildman–Crippen MR) is 126 cm³/mol. The Morgan fingerprint density at radius 1 is 1.32 bits per heavy atom. The van der Waals surface area contributed by atoms with Crippen molar-refractivity contribution in [1.29, 1.82) is 0 Å². The fourth-order valence-electron chi connectivity index (χ4n) is 3.31. The number of alkyl halides is 1. The molecule has 1 saturated heterocycles. The van der Waals surface area contributed by atoms with E-state index >= 15 is 0 Å². The van der Waals surface area contributed by atoms with E-state index < -0.39 is 28.4 Å². The average molecular weight is 491 g/mol. The van der Waals surface area contributed by atoms with Crippen molar-refractivity contribution in [3.8, 4) is 12.3 Å². The van der Waals surface area contributed by atoms with Crippen LogP contribution in [0.3, 0.4) is 0 Å². The number of carbonyl (C=O) groups excluding carboxylic acids is 1. The Labute approximate surface area is 197 Å². The summed E-state index contributed by atoms with van der Waals surface area (Å²) in [6.07, 6.45) is 9.14. The minimum atomic E-state index is -3.72. The van der Waals surface area contributed by atoms with Gasteiger partial charge in [0.25, 0.3) is 0 Å². The first kappa shape index (κ1) is 25.1. The van der Waals surface area contributed by atoms with E-state index in [1.54, 1.807) is 18.2 Å². The van der Waals surface area contributed by atoms with Crippen molar-refractivity contribution in [3.63, 3.8) is 0 Å². The molecule has 2 aromatic rings. The van der Waals surface area contributed by atoms with Crippen LogP contribution in [0.2, 0.25) is 0 Å². The summed E-state index contributed by atoms with van der Waals surface area (Å²) < 4.78 is 57.8. The molecule has 0 unspecified atom stereocenters. The van der Waals surface area contributed by atoms with Crippen LogP contribution in [-0.2, 0) is 32.8 Å². The summed E-state index contributed by atoms with van der Waals surface area (Å²) in [5, 5.41) is 2.62. The largest absolute Gasteiger partial charge is 0.378 e. The molecule has 0 bridgehead atoms. The fraction of sp³-hybridized carbons (Fsp3) is 0.304. The standard InChI is InChI=1S/C23H24F2N4O4S/c1-3-17-12-16(13-20(25)22(17)28-34(2,31)32)15-26-21(30)7-5-18-4-6-19(14-24)27-23(18)29-8-10-33-11-9-29/h1,4-7,12-13,28H,8-11,14-15H2,2H3,(H,26,30)/b7-5+. The van der Waals surface area contributed by atoms with Crippen molar-refractivity contribution in [2.75, 3.05) is 42.2 Å². The number of anilines is 2. The molecule has 2 heterocycles. The van der Waals surface area contributed by atoms with Gasteiger partial charge in [0.2, 0.25) is 15.9 Å². The van der Waals surface area contributed by atoms with Gasteiger partial charge in [-0.3, -0.25) is 9.52 Å². The van der Waals surface area contributed by atoms with Gasteiger partial charge < -0.3 is 15.0 Å². The molecular formula is C23H24F2N4O4S. The minimum absolute atomic E-state index is 0.0133. The maximum atomic E-state index is 14.4. The Hall–Kier alpha value is -3.49. The fourth-order valence-corrected chi connectivity index (χ4v) is 3.89. The number of sulfonamides is 1. The highest BCUT2D eigenvalue weighted by Crippen LogP contribution is 2.23. The molecule has 0 atom stereocenters. The van der Waals surface area contributed by atoms with Gasteiger partial charge in [0.05, 0.1) is 36.4 Å². The zero-order valence-corrected chi connectivity index (χ0v) is 19.3. The van der Waals surface area contributed by atoms with Crippen molar-refractivity contribution in [1.82, 2.24) is 10.3 Å². The Balaban J connectivity index is 1.71. The molecule has 1 aromatic heterocycles. The molecular weight excluding hydrogens is 466 g/mol. The summed E-state index contributed by atoms with van der Waals surface area (Å²) in [6, 6.07) is 5.75. The van der Waals surface area contributed by atoms with Gasteiger partial charge >= 0.3 is 0 Å². The van der Waals surface area contributed by atoms with E-state index in [1.165, 1.54) is 12.1 Å². The van der Waals surface area contributed by atoms with Gasteiger partial charge in [-0.1, -0.05) is 5.92 Å². The van der Waals surface area contributed by atoms with Crippen LogP contribution in [0, 0.1) is 18.2 Å². The zero-order chi connectivity index (χ0) is 24.7. The summed E-state index contributed by atoms with van der Waals surface area (Å²) >= 11 is 0. The molecule has 11 heteroatoms. The normalized spacial score (nSPS) is 14.1. The number of amides is 1. The molecule has 1 aliphatic rings. The number of hydrogen-bond donors (Lipinski definition) is 2. The maximum absolute atomic E-state index is 14.4. The number of nitrogens with one attached hydrogen (secondary N) is 2. The molecule has 1 aliphatic heterocycles. The molecule has 0 spiro atoms. The van der Waals surface area contributed by atoms with Gasteiger partial charge in [-0.2, -0.15) is 0 Å². The molecule has 3 rings (SSSR count). The lowest BCUT2D eigenvalue weighted by molar-refractivity contribution is -0.116. The number of rotatable bonds is 8. The van der Waals surface area contributed by atoms with Crippen molar-refractivity contribution in [2.24, 2.45) is 0 Å². The summed E-state index contributed by atoms with van der Waals surface area (Å²) in [5.74, 6) is 1.50. The Morgan fingerprint density at radius 3 is 2.71 bits per heavy atom. The number of benzene rings is 1. The number of halogens is 2. The molecule has 1 fully saturated rings. The molecule has 1 aromatic carbocycles. The van der Waals surface area contributed by atoms with Crippen LogP contribution >= 0.6 is 0 Å². The van der Waals surface area contributed by atoms with Crippen LogP contribution in [0.25, 0.3) is 6.08 Å². The van der Waals surface area contributed by atoms with E-state index in [-0.39, 0.29) is 17.8 Å². The second-order valence-electron chi connectivity index (χ2n) is 7.52. The highest BCUT2D eigenvalue weighted by atomic mass is 32.2. The zero-order valence-electron chi connectivity index (χ0n) is 18.5. The Morgan fingerprint density at radius 2 is 2.06 bits per heavy atom. The number of nitrogens with zero attached hydrogens (tertiary/aromatic N) is 2. The van der Waals surface area contributed by atoms with Gasteiger partial charge in [-0.05, 0) is 35.9 Å². The average Bonchev–Trinajstić information content (AvgIpc) is 2.82. The summed E-state index contributed by atoms with van der Waals surface area (Å²) in [6.45, 7) is 1.52. The van der Waals surface area contributed by atoms with E-state index in [4.69, 9.17) is 11.2 Å². The van der Waals surface area contributed by atoms with Crippen LogP contribution in [0.15, 0.2) is 30.3 Å². The number of terminal acetylenes is 1. The lowest BCUT2D eigenvalue weighted by Crippen LogP contribution is -2.37. The first-order valence-corrected chi connectivity index (χ1v) is 12.2. The SMILES string of the molecule is C#Cc1cc(CNC(=O)/C=C/c2ccc(CF)nc2N2CCOCC2)cc(F)c1NS(C)(=O)=O. The molecule has 1 amide bonds. The van der Waals surface area contributed by atoms with E-state index in [2.05, 4.69) is 20.9 Å². The number of pyridine rings is 1. The second-order valence-corrected chi connectivity index (χ2v) is 9.27. The minimum Gasteiger partial charge on any atom is -0.378 e. The molecule has 0 aliphatic carbocycles. The van der Waals surface area contributed by atoms with Gasteiger partial charge in [-0.15, -0.1) is 6.42 Å². The number of morpholine rings is 1. The van der Waals surface area contributed by atoms with Gasteiger partial charge in [0, 0.05) is 31.3 Å². The van der Waals surface area contributed by atoms with Crippen molar-refractivity contribution >= 4 is 33.5 Å². The lowest BCUT2D eigenvalue weighted by atomic mass is 10.1. The molecule has 180 valence electrons. The molecule has 0 radical (unpaired) electrons. The number of aromatic nitrogens is 1. The third kappa shape index (κ3) is 6.76. The first-order chi connectivity index (χ1) is 16.2. The Kier molecular flexibility index (Phi) is 8.20. The van der Waals surface area contributed by atoms with Crippen LogP contribution in [-0.4, -0.2) is 51.9 Å².